The van der Waals surface area contributed by atoms with Gasteiger partial charge in [0.05, 0.1) is 5.41 Å². The minimum atomic E-state index is -1.01. The van der Waals surface area contributed by atoms with Crippen LogP contribution in [0.25, 0.3) is 0 Å². The average molecular weight is 370 g/mol. The highest BCUT2D eigenvalue weighted by Gasteiger charge is 2.44. The molecular weight excluding hydrogens is 350 g/mol. The fourth-order valence-corrected chi connectivity index (χ4v) is 3.06. The van der Waals surface area contributed by atoms with E-state index in [0.29, 0.717) is 26.1 Å². The fourth-order valence-electron chi connectivity index (χ4n) is 2.79. The van der Waals surface area contributed by atoms with E-state index in [0.717, 1.165) is 10.0 Å². The highest BCUT2D eigenvalue weighted by atomic mass is 79.9. The van der Waals surface area contributed by atoms with Crippen molar-refractivity contribution in [2.45, 2.75) is 31.2 Å². The fraction of sp³-hybridized carbons (Fsp3) is 0.500. The Bertz CT molecular complexity index is 552. The number of carboxylic acids is 1. The van der Waals surface area contributed by atoms with Crippen molar-refractivity contribution < 1.29 is 19.4 Å². The topological polar surface area (TPSA) is 66.8 Å². The van der Waals surface area contributed by atoms with Crippen LogP contribution < -0.4 is 0 Å². The number of carbonyl (C=O) groups excluding carboxylic acids is 1. The summed E-state index contributed by atoms with van der Waals surface area (Å²) in [4.78, 5) is 25.6. The van der Waals surface area contributed by atoms with Crippen molar-refractivity contribution in [1.29, 1.82) is 0 Å². The number of amides is 1. The zero-order valence-electron chi connectivity index (χ0n) is 12.7. The molecule has 1 amide bonds. The van der Waals surface area contributed by atoms with Crippen LogP contribution in [-0.2, 0) is 19.7 Å². The van der Waals surface area contributed by atoms with Crippen LogP contribution in [0, 0.1) is 0 Å². The van der Waals surface area contributed by atoms with Crippen molar-refractivity contribution in [3.05, 3.63) is 34.3 Å². The third-order valence-corrected chi connectivity index (χ3v) is 4.94. The Morgan fingerprint density at radius 1 is 1.27 bits per heavy atom. The Hall–Kier alpha value is -1.40. The first-order valence-electron chi connectivity index (χ1n) is 7.22. The van der Waals surface area contributed by atoms with Gasteiger partial charge in [0, 0.05) is 24.7 Å². The van der Waals surface area contributed by atoms with E-state index in [2.05, 4.69) is 15.9 Å². The number of aliphatic carboxylic acids is 1. The van der Waals surface area contributed by atoms with Gasteiger partial charge in [0.2, 0.25) is 5.91 Å². The molecule has 0 radical (unpaired) electrons. The smallest absolute Gasteiger partial charge is 0.326 e. The molecule has 5 nitrogen and oxygen atoms in total. The van der Waals surface area contributed by atoms with Crippen LogP contribution >= 0.6 is 15.9 Å². The Labute approximate surface area is 138 Å². The molecular formula is C16H20BrNO4. The zero-order valence-corrected chi connectivity index (χ0v) is 14.3. The molecule has 0 saturated carbocycles. The van der Waals surface area contributed by atoms with Gasteiger partial charge in [-0.25, -0.2) is 4.79 Å². The molecule has 6 heteroatoms. The van der Waals surface area contributed by atoms with Crippen LogP contribution in [0.2, 0.25) is 0 Å². The summed E-state index contributed by atoms with van der Waals surface area (Å²) in [6.45, 7) is 2.52. The first-order valence-corrected chi connectivity index (χ1v) is 8.01. The summed E-state index contributed by atoms with van der Waals surface area (Å²) in [7, 11) is 1.55. The van der Waals surface area contributed by atoms with Gasteiger partial charge in [0.15, 0.2) is 0 Å². The molecule has 2 rings (SSSR count). The first kappa shape index (κ1) is 17.0. The third-order valence-electron chi connectivity index (χ3n) is 4.41. The SMILES string of the molecule is CC(C(=O)O)N(C)C(=O)C1(c2ccc(Br)cc2)CCOCC1. The summed E-state index contributed by atoms with van der Waals surface area (Å²) in [5, 5.41) is 9.17. The molecule has 1 aliphatic heterocycles. The molecule has 1 N–H and O–H groups in total. The summed E-state index contributed by atoms with van der Waals surface area (Å²) < 4.78 is 6.35. The Kier molecular flexibility index (Phi) is 5.24. The third kappa shape index (κ3) is 3.17. The Morgan fingerprint density at radius 2 is 1.82 bits per heavy atom. The van der Waals surface area contributed by atoms with Gasteiger partial charge in [-0.2, -0.15) is 0 Å². The number of carboxylic acid groups (broad SMARTS) is 1. The quantitative estimate of drug-likeness (QED) is 0.884. The number of hydrogen-bond donors (Lipinski definition) is 1. The van der Waals surface area contributed by atoms with Gasteiger partial charge in [-0.15, -0.1) is 0 Å². The average Bonchev–Trinajstić information content (AvgIpc) is 2.53. The highest BCUT2D eigenvalue weighted by Crippen LogP contribution is 2.37. The molecule has 0 spiro atoms. The van der Waals surface area contributed by atoms with E-state index in [4.69, 9.17) is 9.84 Å². The molecule has 1 aliphatic rings. The molecule has 1 saturated heterocycles. The Balaban J connectivity index is 2.39. The number of halogens is 1. The van der Waals surface area contributed by atoms with E-state index in [1.165, 1.54) is 11.8 Å². The maximum absolute atomic E-state index is 13.0. The normalized spacial score (nSPS) is 18.5. The molecule has 120 valence electrons. The van der Waals surface area contributed by atoms with Crippen molar-refractivity contribution in [2.75, 3.05) is 20.3 Å². The van der Waals surface area contributed by atoms with Crippen LogP contribution in [0.1, 0.15) is 25.3 Å². The lowest BCUT2D eigenvalue weighted by Crippen LogP contribution is -2.52. The molecule has 1 aromatic rings. The van der Waals surface area contributed by atoms with Gasteiger partial charge in [-0.05, 0) is 37.5 Å². The van der Waals surface area contributed by atoms with Crippen molar-refractivity contribution in [3.63, 3.8) is 0 Å². The predicted octanol–water partition coefficient (Wildman–Crippen LogP) is 2.43. The van der Waals surface area contributed by atoms with Crippen molar-refractivity contribution in [3.8, 4) is 0 Å². The number of carbonyl (C=O) groups is 2. The standard InChI is InChI=1S/C16H20BrNO4/c1-11(14(19)20)18(2)15(21)16(7-9-22-10-8-16)12-3-5-13(17)6-4-12/h3-6,11H,7-10H2,1-2H3,(H,19,20). The second-order valence-corrected chi connectivity index (χ2v) is 6.55. The van der Waals surface area contributed by atoms with E-state index >= 15 is 0 Å². The lowest BCUT2D eigenvalue weighted by atomic mass is 9.73. The van der Waals surface area contributed by atoms with Crippen molar-refractivity contribution in [2.24, 2.45) is 0 Å². The summed E-state index contributed by atoms with van der Waals surface area (Å²) in [5.41, 5.74) is 0.200. The maximum atomic E-state index is 13.0. The lowest BCUT2D eigenvalue weighted by Gasteiger charge is -2.40. The lowest BCUT2D eigenvalue weighted by molar-refractivity contribution is -0.152. The first-order chi connectivity index (χ1) is 10.4. The van der Waals surface area contributed by atoms with Gasteiger partial charge in [0.1, 0.15) is 6.04 Å². The summed E-state index contributed by atoms with van der Waals surface area (Å²) in [6.07, 6.45) is 1.12. The molecule has 0 aromatic heterocycles. The molecule has 1 atom stereocenters. The monoisotopic (exact) mass is 369 g/mol. The second kappa shape index (κ2) is 6.79. The molecule has 0 aliphatic carbocycles. The van der Waals surface area contributed by atoms with Gasteiger partial charge >= 0.3 is 5.97 Å². The van der Waals surface area contributed by atoms with E-state index in [9.17, 15) is 9.59 Å². The number of nitrogens with zero attached hydrogens (tertiary/aromatic N) is 1. The molecule has 22 heavy (non-hydrogen) atoms. The zero-order chi connectivity index (χ0) is 16.3. The van der Waals surface area contributed by atoms with Crippen LogP contribution in [-0.4, -0.2) is 48.2 Å². The minimum absolute atomic E-state index is 0.159. The number of benzene rings is 1. The predicted molar refractivity (Wildman–Crippen MR) is 85.7 cm³/mol. The Morgan fingerprint density at radius 3 is 2.32 bits per heavy atom. The van der Waals surface area contributed by atoms with E-state index in [1.54, 1.807) is 7.05 Å². The van der Waals surface area contributed by atoms with Crippen LogP contribution in [0.15, 0.2) is 28.7 Å². The highest BCUT2D eigenvalue weighted by molar-refractivity contribution is 9.10. The van der Waals surface area contributed by atoms with Gasteiger partial charge < -0.3 is 14.7 Å². The van der Waals surface area contributed by atoms with Crippen LogP contribution in [0.5, 0.6) is 0 Å². The summed E-state index contributed by atoms with van der Waals surface area (Å²) in [6, 6.07) is 6.79. The van der Waals surface area contributed by atoms with Crippen molar-refractivity contribution in [1.82, 2.24) is 4.90 Å². The molecule has 1 fully saturated rings. The summed E-state index contributed by atoms with van der Waals surface area (Å²) in [5.74, 6) is -1.16. The molecule has 1 unspecified atom stereocenters. The van der Waals surface area contributed by atoms with E-state index in [1.807, 2.05) is 24.3 Å². The number of rotatable bonds is 4. The van der Waals surface area contributed by atoms with Gasteiger partial charge in [-0.3, -0.25) is 4.79 Å². The summed E-state index contributed by atoms with van der Waals surface area (Å²) >= 11 is 3.40. The largest absolute Gasteiger partial charge is 0.480 e. The van der Waals surface area contributed by atoms with Gasteiger partial charge in [-0.1, -0.05) is 28.1 Å². The van der Waals surface area contributed by atoms with E-state index < -0.39 is 17.4 Å². The number of hydrogen-bond acceptors (Lipinski definition) is 3. The molecule has 1 heterocycles. The van der Waals surface area contributed by atoms with Crippen LogP contribution in [0.3, 0.4) is 0 Å². The number of ether oxygens (including phenoxy) is 1. The van der Waals surface area contributed by atoms with Crippen molar-refractivity contribution >= 4 is 27.8 Å². The van der Waals surface area contributed by atoms with E-state index in [-0.39, 0.29) is 5.91 Å². The molecule has 0 bridgehead atoms. The van der Waals surface area contributed by atoms with Gasteiger partial charge in [0.25, 0.3) is 0 Å². The molecule has 1 aromatic carbocycles. The number of likely N-dealkylation sites (N-methyl/N-ethyl adjacent to an activating group) is 1. The van der Waals surface area contributed by atoms with Crippen LogP contribution in [0.4, 0.5) is 0 Å². The maximum Gasteiger partial charge on any atom is 0.326 e. The second-order valence-electron chi connectivity index (χ2n) is 5.63. The minimum Gasteiger partial charge on any atom is -0.480 e.